The lowest BCUT2D eigenvalue weighted by molar-refractivity contribution is 0.0949. The Kier molecular flexibility index (Phi) is 5.88. The fourth-order valence-corrected chi connectivity index (χ4v) is 2.52. The molecule has 2 N–H and O–H groups in total. The lowest BCUT2D eigenvalue weighted by Gasteiger charge is -2.09. The first kappa shape index (κ1) is 17.5. The summed E-state index contributed by atoms with van der Waals surface area (Å²) in [6.07, 6.45) is 4.27. The monoisotopic (exact) mass is 347 g/mol. The lowest BCUT2D eigenvalue weighted by atomic mass is 10.1. The smallest absolute Gasteiger partial charge is 0.270 e. The van der Waals surface area contributed by atoms with Crippen molar-refractivity contribution in [2.75, 3.05) is 11.9 Å². The van der Waals surface area contributed by atoms with Crippen molar-refractivity contribution in [3.05, 3.63) is 83.6 Å². The summed E-state index contributed by atoms with van der Waals surface area (Å²) < 4.78 is 0. The number of pyridine rings is 1. The average molecular weight is 347 g/mol. The summed E-state index contributed by atoms with van der Waals surface area (Å²) in [6, 6.07) is 15.6. The molecule has 6 heteroatoms. The van der Waals surface area contributed by atoms with Crippen molar-refractivity contribution in [2.24, 2.45) is 0 Å². The molecule has 1 aromatic carbocycles. The van der Waals surface area contributed by atoms with E-state index in [0.717, 1.165) is 12.0 Å². The summed E-state index contributed by atoms with van der Waals surface area (Å²) in [6.45, 7) is 2.94. The first-order valence-corrected chi connectivity index (χ1v) is 8.51. The van der Waals surface area contributed by atoms with Crippen molar-refractivity contribution < 1.29 is 4.79 Å². The maximum Gasteiger partial charge on any atom is 0.270 e. The van der Waals surface area contributed by atoms with Crippen molar-refractivity contribution in [2.45, 2.75) is 19.9 Å². The summed E-state index contributed by atoms with van der Waals surface area (Å²) >= 11 is 0. The van der Waals surface area contributed by atoms with Gasteiger partial charge in [0.1, 0.15) is 17.3 Å². The van der Waals surface area contributed by atoms with Gasteiger partial charge in [-0.3, -0.25) is 9.78 Å². The zero-order valence-corrected chi connectivity index (χ0v) is 14.6. The van der Waals surface area contributed by atoms with Crippen molar-refractivity contribution in [3.63, 3.8) is 0 Å². The Morgan fingerprint density at radius 1 is 1.00 bits per heavy atom. The van der Waals surface area contributed by atoms with E-state index in [1.54, 1.807) is 25.4 Å². The molecule has 0 spiro atoms. The van der Waals surface area contributed by atoms with Crippen molar-refractivity contribution in [1.29, 1.82) is 0 Å². The second kappa shape index (κ2) is 8.71. The average Bonchev–Trinajstić information content (AvgIpc) is 2.67. The van der Waals surface area contributed by atoms with Crippen LogP contribution in [-0.4, -0.2) is 27.4 Å². The molecule has 0 saturated carbocycles. The summed E-state index contributed by atoms with van der Waals surface area (Å²) in [5.41, 5.74) is 2.64. The van der Waals surface area contributed by atoms with Gasteiger partial charge in [-0.25, -0.2) is 9.97 Å². The fraction of sp³-hybridized carbons (Fsp3) is 0.200. The van der Waals surface area contributed by atoms with E-state index in [4.69, 9.17) is 0 Å². The normalized spacial score (nSPS) is 10.3. The minimum Gasteiger partial charge on any atom is -0.366 e. The minimum atomic E-state index is -0.196. The second-order valence-corrected chi connectivity index (χ2v) is 5.89. The van der Waals surface area contributed by atoms with Crippen molar-refractivity contribution in [3.8, 4) is 0 Å². The molecule has 132 valence electrons. The molecule has 0 aliphatic heterocycles. The number of aromatic nitrogens is 3. The van der Waals surface area contributed by atoms with E-state index in [0.29, 0.717) is 30.4 Å². The molecular weight excluding hydrogens is 326 g/mol. The largest absolute Gasteiger partial charge is 0.366 e. The van der Waals surface area contributed by atoms with Gasteiger partial charge in [0.15, 0.2) is 0 Å². The molecule has 2 aromatic heterocycles. The van der Waals surface area contributed by atoms with E-state index < -0.39 is 0 Å². The zero-order chi connectivity index (χ0) is 18.2. The molecule has 0 radical (unpaired) electrons. The highest BCUT2D eigenvalue weighted by atomic mass is 16.1. The molecule has 0 atom stereocenters. The highest BCUT2D eigenvalue weighted by Gasteiger charge is 2.10. The van der Waals surface area contributed by atoms with Crippen LogP contribution in [0.1, 0.15) is 27.4 Å². The quantitative estimate of drug-likeness (QED) is 0.687. The van der Waals surface area contributed by atoms with Crippen LogP contribution in [0.3, 0.4) is 0 Å². The van der Waals surface area contributed by atoms with Gasteiger partial charge < -0.3 is 10.6 Å². The second-order valence-electron chi connectivity index (χ2n) is 5.89. The predicted molar refractivity (Wildman–Crippen MR) is 101 cm³/mol. The number of nitrogens with zero attached hydrogens (tertiary/aromatic N) is 3. The Hall–Kier alpha value is -3.28. The maximum absolute atomic E-state index is 12.4. The molecule has 0 aliphatic carbocycles. The number of aryl methyl sites for hydroxylation is 1. The van der Waals surface area contributed by atoms with Gasteiger partial charge in [0.25, 0.3) is 5.91 Å². The summed E-state index contributed by atoms with van der Waals surface area (Å²) in [4.78, 5) is 25.0. The third kappa shape index (κ3) is 5.11. The summed E-state index contributed by atoms with van der Waals surface area (Å²) in [5, 5.41) is 6.13. The number of carbonyl (C=O) groups is 1. The lowest BCUT2D eigenvalue weighted by Crippen LogP contribution is -2.27. The molecule has 3 aromatic rings. The number of benzene rings is 1. The Bertz CT molecular complexity index is 853. The van der Waals surface area contributed by atoms with Crippen LogP contribution in [0.25, 0.3) is 0 Å². The molecule has 0 bridgehead atoms. The molecule has 3 rings (SSSR count). The van der Waals surface area contributed by atoms with Gasteiger partial charge in [-0.2, -0.15) is 0 Å². The van der Waals surface area contributed by atoms with Crippen LogP contribution >= 0.6 is 0 Å². The predicted octanol–water partition coefficient (Wildman–Crippen LogP) is 2.76. The number of anilines is 1. The first-order valence-electron chi connectivity index (χ1n) is 8.51. The van der Waals surface area contributed by atoms with Crippen LogP contribution in [0.2, 0.25) is 0 Å². The Balaban J connectivity index is 1.58. The molecule has 0 saturated heterocycles. The van der Waals surface area contributed by atoms with E-state index in [2.05, 4.69) is 25.6 Å². The van der Waals surface area contributed by atoms with Gasteiger partial charge in [-0.15, -0.1) is 0 Å². The van der Waals surface area contributed by atoms with Gasteiger partial charge in [0.05, 0.1) is 0 Å². The molecule has 0 fully saturated rings. The van der Waals surface area contributed by atoms with E-state index in [1.807, 2.05) is 42.5 Å². The van der Waals surface area contributed by atoms with Gasteiger partial charge in [-0.05, 0) is 36.6 Å². The third-order valence-electron chi connectivity index (χ3n) is 3.84. The van der Waals surface area contributed by atoms with Crippen LogP contribution in [0.15, 0.2) is 60.9 Å². The Morgan fingerprint density at radius 3 is 2.54 bits per heavy atom. The highest BCUT2D eigenvalue weighted by molar-refractivity contribution is 5.92. The van der Waals surface area contributed by atoms with Gasteiger partial charge in [0.2, 0.25) is 0 Å². The SMILES string of the molecule is Cc1nc(NCc2ccncc2)cc(C(=O)NCCc2ccccc2)n1. The van der Waals surface area contributed by atoms with Gasteiger partial charge in [-0.1, -0.05) is 30.3 Å². The van der Waals surface area contributed by atoms with E-state index in [9.17, 15) is 4.79 Å². The van der Waals surface area contributed by atoms with E-state index in [-0.39, 0.29) is 5.91 Å². The molecule has 0 aliphatic rings. The van der Waals surface area contributed by atoms with E-state index in [1.165, 1.54) is 5.56 Å². The minimum absolute atomic E-state index is 0.196. The van der Waals surface area contributed by atoms with Crippen LogP contribution in [0.5, 0.6) is 0 Å². The van der Waals surface area contributed by atoms with Crippen LogP contribution in [0.4, 0.5) is 5.82 Å². The first-order chi connectivity index (χ1) is 12.7. The standard InChI is InChI=1S/C20H21N5O/c1-15-24-18(20(26)22-12-9-16-5-3-2-4-6-16)13-19(25-15)23-14-17-7-10-21-11-8-17/h2-8,10-11,13H,9,12,14H2,1H3,(H,22,26)(H,23,24,25). The topological polar surface area (TPSA) is 79.8 Å². The van der Waals surface area contributed by atoms with Gasteiger partial charge >= 0.3 is 0 Å². The number of hydrogen-bond donors (Lipinski definition) is 2. The van der Waals surface area contributed by atoms with Crippen LogP contribution in [0, 0.1) is 6.92 Å². The molecule has 1 amide bonds. The zero-order valence-electron chi connectivity index (χ0n) is 14.6. The van der Waals surface area contributed by atoms with Crippen LogP contribution in [-0.2, 0) is 13.0 Å². The number of amides is 1. The highest BCUT2D eigenvalue weighted by Crippen LogP contribution is 2.09. The molecule has 0 unspecified atom stereocenters. The summed E-state index contributed by atoms with van der Waals surface area (Å²) in [5.74, 6) is 0.985. The fourth-order valence-electron chi connectivity index (χ4n) is 2.52. The summed E-state index contributed by atoms with van der Waals surface area (Å²) in [7, 11) is 0. The molecular formula is C20H21N5O. The maximum atomic E-state index is 12.4. The van der Waals surface area contributed by atoms with Crippen LogP contribution < -0.4 is 10.6 Å². The molecule has 2 heterocycles. The van der Waals surface area contributed by atoms with Gasteiger partial charge in [0, 0.05) is 31.5 Å². The molecule has 26 heavy (non-hydrogen) atoms. The number of nitrogens with one attached hydrogen (secondary N) is 2. The Labute approximate surface area is 152 Å². The van der Waals surface area contributed by atoms with E-state index >= 15 is 0 Å². The Morgan fingerprint density at radius 2 is 1.77 bits per heavy atom. The number of carbonyl (C=O) groups excluding carboxylic acids is 1. The molecule has 6 nitrogen and oxygen atoms in total. The third-order valence-corrected chi connectivity index (χ3v) is 3.84. The number of rotatable bonds is 7. The van der Waals surface area contributed by atoms with Crippen molar-refractivity contribution in [1.82, 2.24) is 20.3 Å². The number of hydrogen-bond acceptors (Lipinski definition) is 5. The van der Waals surface area contributed by atoms with Crippen molar-refractivity contribution >= 4 is 11.7 Å².